The van der Waals surface area contributed by atoms with Crippen LogP contribution in [0.2, 0.25) is 0 Å². The van der Waals surface area contributed by atoms with Crippen LogP contribution in [0.5, 0.6) is 0 Å². The summed E-state index contributed by atoms with van der Waals surface area (Å²) >= 11 is 1.54. The lowest BCUT2D eigenvalue weighted by molar-refractivity contribution is -0.129. The molecule has 0 bridgehead atoms. The Hall–Kier alpha value is -1.05. The molecule has 0 spiro atoms. The lowest BCUT2D eigenvalue weighted by atomic mass is 10.1. The monoisotopic (exact) mass is 356 g/mol. The number of hydrogen-bond donors (Lipinski definition) is 0. The van der Waals surface area contributed by atoms with E-state index >= 15 is 0 Å². The zero-order valence-corrected chi connectivity index (χ0v) is 15.3. The molecule has 2 rings (SSSR count). The van der Waals surface area contributed by atoms with E-state index in [4.69, 9.17) is 0 Å². The zero-order chi connectivity index (χ0) is 16.9. The van der Waals surface area contributed by atoms with Crippen LogP contribution in [0.15, 0.2) is 29.2 Å². The van der Waals surface area contributed by atoms with Gasteiger partial charge in [0.2, 0.25) is 15.9 Å². The fourth-order valence-corrected chi connectivity index (χ4v) is 4.34. The first-order valence-electron chi connectivity index (χ1n) is 7.78. The van der Waals surface area contributed by atoms with Crippen LogP contribution >= 0.6 is 11.8 Å². The number of sulfonamides is 1. The second kappa shape index (κ2) is 8.17. The minimum Gasteiger partial charge on any atom is -0.342 e. The normalized spacial score (nSPS) is 15.9. The van der Waals surface area contributed by atoms with Crippen LogP contribution < -0.4 is 0 Å². The van der Waals surface area contributed by atoms with Gasteiger partial charge >= 0.3 is 0 Å². The molecule has 1 aromatic rings. The fourth-order valence-electron chi connectivity index (χ4n) is 2.50. The van der Waals surface area contributed by atoms with Gasteiger partial charge in [0.15, 0.2) is 0 Å². The van der Waals surface area contributed by atoms with E-state index in [-0.39, 0.29) is 5.91 Å². The molecule has 1 aromatic carbocycles. The number of thioether (sulfide) groups is 1. The molecule has 0 aromatic heterocycles. The van der Waals surface area contributed by atoms with Gasteiger partial charge in [0.05, 0.1) is 10.6 Å². The molecule has 0 aliphatic carbocycles. The molecule has 1 fully saturated rings. The fraction of sp³-hybridized carbons (Fsp3) is 0.562. The molecule has 0 N–H and O–H groups in total. The number of nitrogens with zero attached hydrogens (tertiary/aromatic N) is 2. The van der Waals surface area contributed by atoms with E-state index in [0.717, 1.165) is 31.5 Å². The predicted octanol–water partition coefficient (Wildman–Crippen LogP) is 2.18. The van der Waals surface area contributed by atoms with Crippen molar-refractivity contribution in [2.45, 2.75) is 29.9 Å². The molecule has 0 saturated carbocycles. The van der Waals surface area contributed by atoms with Gasteiger partial charge in [0.25, 0.3) is 0 Å². The van der Waals surface area contributed by atoms with Gasteiger partial charge in [-0.05, 0) is 37.0 Å². The molecule has 0 radical (unpaired) electrons. The Balaban J connectivity index is 1.90. The molecular weight excluding hydrogens is 332 g/mol. The summed E-state index contributed by atoms with van der Waals surface area (Å²) in [5.41, 5.74) is 0.921. The maximum Gasteiger partial charge on any atom is 0.242 e. The van der Waals surface area contributed by atoms with Crippen molar-refractivity contribution >= 4 is 27.7 Å². The lowest BCUT2D eigenvalue weighted by Crippen LogP contribution is -2.36. The number of carbonyl (C=O) groups excluding carboxylic acids is 1. The van der Waals surface area contributed by atoms with E-state index in [1.165, 1.54) is 36.6 Å². The predicted molar refractivity (Wildman–Crippen MR) is 93.9 cm³/mol. The van der Waals surface area contributed by atoms with Crippen molar-refractivity contribution < 1.29 is 13.2 Å². The highest BCUT2D eigenvalue weighted by molar-refractivity contribution is 7.99. The second-order valence-electron chi connectivity index (χ2n) is 5.87. The first-order valence-corrected chi connectivity index (χ1v) is 10.4. The average molecular weight is 357 g/mol. The zero-order valence-electron chi connectivity index (χ0n) is 13.7. The van der Waals surface area contributed by atoms with Gasteiger partial charge < -0.3 is 4.90 Å². The Labute approximate surface area is 143 Å². The molecule has 1 aliphatic rings. The number of likely N-dealkylation sites (tertiary alicyclic amines) is 1. The first-order chi connectivity index (χ1) is 10.9. The third-order valence-electron chi connectivity index (χ3n) is 3.88. The summed E-state index contributed by atoms with van der Waals surface area (Å²) in [6.07, 6.45) is 3.41. The third kappa shape index (κ3) is 4.96. The van der Waals surface area contributed by atoms with E-state index in [1.807, 2.05) is 11.0 Å². The molecule has 1 heterocycles. The number of amides is 1. The second-order valence-corrected chi connectivity index (χ2v) is 9.01. The van der Waals surface area contributed by atoms with E-state index < -0.39 is 10.0 Å². The third-order valence-corrected chi connectivity index (χ3v) is 6.68. The van der Waals surface area contributed by atoms with E-state index in [2.05, 4.69) is 0 Å². The number of carbonyl (C=O) groups is 1. The van der Waals surface area contributed by atoms with Gasteiger partial charge in [-0.3, -0.25) is 4.79 Å². The van der Waals surface area contributed by atoms with E-state index in [0.29, 0.717) is 16.4 Å². The molecule has 128 valence electrons. The van der Waals surface area contributed by atoms with Gasteiger partial charge in [0.1, 0.15) is 0 Å². The van der Waals surface area contributed by atoms with Crippen molar-refractivity contribution in [2.24, 2.45) is 0 Å². The molecule has 7 heteroatoms. The van der Waals surface area contributed by atoms with Crippen molar-refractivity contribution in [1.82, 2.24) is 9.21 Å². The van der Waals surface area contributed by atoms with Crippen molar-refractivity contribution in [1.29, 1.82) is 0 Å². The van der Waals surface area contributed by atoms with Gasteiger partial charge in [0, 0.05) is 32.9 Å². The van der Waals surface area contributed by atoms with E-state index in [1.54, 1.807) is 18.2 Å². The highest BCUT2D eigenvalue weighted by Crippen LogP contribution is 2.19. The minimum absolute atomic E-state index is 0.187. The van der Waals surface area contributed by atoms with Crippen molar-refractivity contribution in [3.8, 4) is 0 Å². The summed E-state index contributed by atoms with van der Waals surface area (Å²) in [6, 6.07) is 6.93. The summed E-state index contributed by atoms with van der Waals surface area (Å²) in [5, 5.41) is 0. The van der Waals surface area contributed by atoms with Crippen LogP contribution in [-0.4, -0.2) is 56.5 Å². The van der Waals surface area contributed by atoms with Crippen molar-refractivity contribution in [3.63, 3.8) is 0 Å². The molecule has 5 nitrogen and oxygen atoms in total. The molecule has 1 saturated heterocycles. The summed E-state index contributed by atoms with van der Waals surface area (Å²) < 4.78 is 25.5. The molecule has 1 aliphatic heterocycles. The lowest BCUT2D eigenvalue weighted by Gasteiger charge is -2.26. The summed E-state index contributed by atoms with van der Waals surface area (Å²) in [4.78, 5) is 14.3. The highest BCUT2D eigenvalue weighted by atomic mass is 32.2. The van der Waals surface area contributed by atoms with Crippen LogP contribution in [0.25, 0.3) is 0 Å². The van der Waals surface area contributed by atoms with Crippen LogP contribution in [0.4, 0.5) is 0 Å². The Morgan fingerprint density at radius 1 is 1.22 bits per heavy atom. The number of piperidine rings is 1. The van der Waals surface area contributed by atoms with Crippen LogP contribution in [0.1, 0.15) is 24.8 Å². The van der Waals surface area contributed by atoms with Crippen LogP contribution in [-0.2, 0) is 20.6 Å². The quantitative estimate of drug-likeness (QED) is 0.784. The summed E-state index contributed by atoms with van der Waals surface area (Å²) in [5.74, 6) is 1.27. The average Bonchev–Trinajstić information content (AvgIpc) is 2.55. The first kappa shape index (κ1) is 18.3. The Bertz CT molecular complexity index is 638. The minimum atomic E-state index is -3.41. The van der Waals surface area contributed by atoms with Crippen LogP contribution in [0.3, 0.4) is 0 Å². The number of hydrogen-bond acceptors (Lipinski definition) is 4. The number of rotatable bonds is 6. The van der Waals surface area contributed by atoms with Gasteiger partial charge in [-0.25, -0.2) is 12.7 Å². The Morgan fingerprint density at radius 2 is 1.91 bits per heavy atom. The van der Waals surface area contributed by atoms with Gasteiger partial charge in [-0.1, -0.05) is 12.1 Å². The smallest absolute Gasteiger partial charge is 0.242 e. The topological polar surface area (TPSA) is 57.7 Å². The Kier molecular flexibility index (Phi) is 6.50. The summed E-state index contributed by atoms with van der Waals surface area (Å²) in [6.45, 7) is 1.74. The largest absolute Gasteiger partial charge is 0.342 e. The molecule has 0 atom stereocenters. The van der Waals surface area contributed by atoms with Gasteiger partial charge in [-0.2, -0.15) is 0 Å². The maximum atomic E-state index is 12.1. The molecule has 23 heavy (non-hydrogen) atoms. The van der Waals surface area contributed by atoms with E-state index in [9.17, 15) is 13.2 Å². The van der Waals surface area contributed by atoms with Crippen LogP contribution in [0, 0.1) is 0 Å². The molecule has 1 amide bonds. The molecule has 0 unspecified atom stereocenters. The van der Waals surface area contributed by atoms with Crippen molar-refractivity contribution in [2.75, 3.05) is 32.9 Å². The SMILES string of the molecule is CN(C)S(=O)(=O)c1cccc(CSCC(=O)N2CCCCC2)c1. The molecular formula is C16H24N2O3S2. The number of benzene rings is 1. The van der Waals surface area contributed by atoms with Gasteiger partial charge in [-0.15, -0.1) is 11.8 Å². The van der Waals surface area contributed by atoms with Crippen molar-refractivity contribution in [3.05, 3.63) is 29.8 Å². The highest BCUT2D eigenvalue weighted by Gasteiger charge is 2.18. The summed E-state index contributed by atoms with van der Waals surface area (Å²) in [7, 11) is -0.365. The standard InChI is InChI=1S/C16H24N2O3S2/c1-17(2)23(20,21)15-8-6-7-14(11-15)12-22-13-16(19)18-9-4-3-5-10-18/h6-8,11H,3-5,9-10,12-13H2,1-2H3. The Morgan fingerprint density at radius 3 is 2.57 bits per heavy atom. The maximum absolute atomic E-state index is 12.1.